The Hall–Kier alpha value is -1.89. The highest BCUT2D eigenvalue weighted by molar-refractivity contribution is 5.74. The average Bonchev–Trinajstić information content (AvgIpc) is 3.02. The SMILES string of the molecule is CCCCC1=C(c2ccc(-c3ccccc3)c(F)c2)CCC1. The summed E-state index contributed by atoms with van der Waals surface area (Å²) < 4.78 is 14.5. The second kappa shape index (κ2) is 6.91. The monoisotopic (exact) mass is 294 g/mol. The number of halogens is 1. The van der Waals surface area contributed by atoms with Crippen molar-refractivity contribution in [1.82, 2.24) is 0 Å². The molecule has 3 rings (SSSR count). The van der Waals surface area contributed by atoms with Crippen molar-refractivity contribution < 1.29 is 4.39 Å². The van der Waals surface area contributed by atoms with Gasteiger partial charge in [0, 0.05) is 5.56 Å². The van der Waals surface area contributed by atoms with Gasteiger partial charge >= 0.3 is 0 Å². The summed E-state index contributed by atoms with van der Waals surface area (Å²) in [6.07, 6.45) is 7.15. The summed E-state index contributed by atoms with van der Waals surface area (Å²) in [4.78, 5) is 0. The van der Waals surface area contributed by atoms with Crippen LogP contribution < -0.4 is 0 Å². The van der Waals surface area contributed by atoms with E-state index in [0.717, 1.165) is 17.5 Å². The Labute approximate surface area is 132 Å². The summed E-state index contributed by atoms with van der Waals surface area (Å²) in [5, 5.41) is 0. The highest BCUT2D eigenvalue weighted by atomic mass is 19.1. The van der Waals surface area contributed by atoms with E-state index in [-0.39, 0.29) is 5.82 Å². The lowest BCUT2D eigenvalue weighted by Gasteiger charge is -2.10. The summed E-state index contributed by atoms with van der Waals surface area (Å²) in [7, 11) is 0. The van der Waals surface area contributed by atoms with Crippen LogP contribution in [0.1, 0.15) is 51.0 Å². The maximum absolute atomic E-state index is 14.5. The van der Waals surface area contributed by atoms with E-state index < -0.39 is 0 Å². The molecule has 1 heteroatoms. The predicted molar refractivity (Wildman–Crippen MR) is 92.1 cm³/mol. The van der Waals surface area contributed by atoms with E-state index in [9.17, 15) is 4.39 Å². The molecule has 0 nitrogen and oxygen atoms in total. The zero-order valence-electron chi connectivity index (χ0n) is 13.2. The van der Waals surface area contributed by atoms with Gasteiger partial charge in [-0.2, -0.15) is 0 Å². The molecule has 0 N–H and O–H groups in total. The normalized spacial score (nSPS) is 14.6. The van der Waals surface area contributed by atoms with Crippen LogP contribution in [0.2, 0.25) is 0 Å². The van der Waals surface area contributed by atoms with E-state index >= 15 is 0 Å². The molecule has 22 heavy (non-hydrogen) atoms. The zero-order valence-corrected chi connectivity index (χ0v) is 13.2. The summed E-state index contributed by atoms with van der Waals surface area (Å²) in [6.45, 7) is 2.23. The lowest BCUT2D eigenvalue weighted by atomic mass is 9.96. The molecule has 0 atom stereocenters. The second-order valence-electron chi connectivity index (χ2n) is 6.10. The van der Waals surface area contributed by atoms with Crippen molar-refractivity contribution in [1.29, 1.82) is 0 Å². The molecule has 2 aromatic rings. The van der Waals surface area contributed by atoms with E-state index in [0.29, 0.717) is 5.56 Å². The molecule has 2 aromatic carbocycles. The highest BCUT2D eigenvalue weighted by Crippen LogP contribution is 2.37. The predicted octanol–water partition coefficient (Wildman–Crippen LogP) is 6.62. The molecule has 0 saturated heterocycles. The third-order valence-corrected chi connectivity index (χ3v) is 4.57. The summed E-state index contributed by atoms with van der Waals surface area (Å²) in [5.74, 6) is -0.113. The van der Waals surface area contributed by atoms with Gasteiger partial charge in [0.15, 0.2) is 0 Å². The molecule has 0 bridgehead atoms. The maximum Gasteiger partial charge on any atom is 0.131 e. The van der Waals surface area contributed by atoms with Crippen molar-refractivity contribution >= 4 is 5.57 Å². The number of benzene rings is 2. The molecule has 0 amide bonds. The van der Waals surface area contributed by atoms with E-state index in [1.54, 1.807) is 11.6 Å². The minimum atomic E-state index is -0.113. The smallest absolute Gasteiger partial charge is 0.131 e. The number of allylic oxidation sites excluding steroid dienone is 2. The van der Waals surface area contributed by atoms with E-state index in [1.165, 1.54) is 37.7 Å². The van der Waals surface area contributed by atoms with Crippen LogP contribution in [0.5, 0.6) is 0 Å². The van der Waals surface area contributed by atoms with Crippen LogP contribution >= 0.6 is 0 Å². The largest absolute Gasteiger partial charge is 0.206 e. The van der Waals surface area contributed by atoms with Gasteiger partial charge in [0.1, 0.15) is 5.82 Å². The third kappa shape index (κ3) is 3.14. The van der Waals surface area contributed by atoms with Crippen molar-refractivity contribution in [3.05, 3.63) is 65.5 Å². The van der Waals surface area contributed by atoms with Gasteiger partial charge in [-0.25, -0.2) is 4.39 Å². The molecule has 0 aromatic heterocycles. The Balaban J connectivity index is 1.92. The fourth-order valence-corrected chi connectivity index (χ4v) is 3.38. The molecular weight excluding hydrogens is 271 g/mol. The molecule has 0 radical (unpaired) electrons. The van der Waals surface area contributed by atoms with Gasteiger partial charge in [0.25, 0.3) is 0 Å². The van der Waals surface area contributed by atoms with Gasteiger partial charge in [0.05, 0.1) is 0 Å². The first-order valence-corrected chi connectivity index (χ1v) is 8.36. The van der Waals surface area contributed by atoms with E-state index in [2.05, 4.69) is 13.0 Å². The van der Waals surface area contributed by atoms with Gasteiger partial charge in [-0.05, 0) is 54.9 Å². The highest BCUT2D eigenvalue weighted by Gasteiger charge is 2.17. The summed E-state index contributed by atoms with van der Waals surface area (Å²) in [6, 6.07) is 15.5. The first-order valence-electron chi connectivity index (χ1n) is 8.36. The molecule has 0 fully saturated rings. The van der Waals surface area contributed by atoms with Gasteiger partial charge in [0.2, 0.25) is 0 Å². The Kier molecular flexibility index (Phi) is 4.72. The second-order valence-corrected chi connectivity index (χ2v) is 6.10. The number of hydrogen-bond acceptors (Lipinski definition) is 0. The Morgan fingerprint density at radius 2 is 1.77 bits per heavy atom. The third-order valence-electron chi connectivity index (χ3n) is 4.57. The fraction of sp³-hybridized carbons (Fsp3) is 0.333. The standard InChI is InChI=1S/C21H23F/c1-2-3-8-16-11-7-12-19(16)18-13-14-20(21(22)15-18)17-9-5-4-6-10-17/h4-6,9-10,13-15H,2-3,7-8,11-12H2,1H3. The summed E-state index contributed by atoms with van der Waals surface area (Å²) >= 11 is 0. The lowest BCUT2D eigenvalue weighted by molar-refractivity contribution is 0.631. The quantitative estimate of drug-likeness (QED) is 0.581. The number of hydrogen-bond donors (Lipinski definition) is 0. The van der Waals surface area contributed by atoms with E-state index in [4.69, 9.17) is 0 Å². The van der Waals surface area contributed by atoms with Gasteiger partial charge in [-0.15, -0.1) is 0 Å². The fourth-order valence-electron chi connectivity index (χ4n) is 3.38. The molecule has 0 unspecified atom stereocenters. The van der Waals surface area contributed by atoms with Crippen LogP contribution in [0.25, 0.3) is 16.7 Å². The number of rotatable bonds is 5. The molecule has 1 aliphatic carbocycles. The molecule has 0 saturated carbocycles. The van der Waals surface area contributed by atoms with Gasteiger partial charge in [-0.1, -0.05) is 61.4 Å². The Morgan fingerprint density at radius 1 is 0.955 bits per heavy atom. The Bertz CT molecular complexity index is 668. The molecule has 0 spiro atoms. The molecular formula is C21H23F. The first-order chi connectivity index (χ1) is 10.8. The average molecular weight is 294 g/mol. The summed E-state index contributed by atoms with van der Waals surface area (Å²) in [5.41, 5.74) is 5.66. The number of unbranched alkanes of at least 4 members (excludes halogenated alkanes) is 1. The van der Waals surface area contributed by atoms with Gasteiger partial charge < -0.3 is 0 Å². The minimum Gasteiger partial charge on any atom is -0.206 e. The van der Waals surface area contributed by atoms with Crippen molar-refractivity contribution in [2.75, 3.05) is 0 Å². The van der Waals surface area contributed by atoms with Crippen LogP contribution in [-0.2, 0) is 0 Å². The molecule has 114 valence electrons. The molecule has 1 aliphatic rings. The first kappa shape index (κ1) is 15.0. The van der Waals surface area contributed by atoms with Crippen LogP contribution in [0.4, 0.5) is 4.39 Å². The van der Waals surface area contributed by atoms with Gasteiger partial charge in [-0.3, -0.25) is 0 Å². The van der Waals surface area contributed by atoms with Crippen molar-refractivity contribution in [2.24, 2.45) is 0 Å². The van der Waals surface area contributed by atoms with Crippen LogP contribution in [0, 0.1) is 5.82 Å². The van der Waals surface area contributed by atoms with Crippen LogP contribution in [0.3, 0.4) is 0 Å². The van der Waals surface area contributed by atoms with Crippen LogP contribution in [0.15, 0.2) is 54.1 Å². The van der Waals surface area contributed by atoms with Crippen LogP contribution in [-0.4, -0.2) is 0 Å². The maximum atomic E-state index is 14.5. The zero-order chi connectivity index (χ0) is 15.4. The van der Waals surface area contributed by atoms with Crippen molar-refractivity contribution in [3.63, 3.8) is 0 Å². The Morgan fingerprint density at radius 3 is 2.50 bits per heavy atom. The molecule has 0 aliphatic heterocycles. The topological polar surface area (TPSA) is 0 Å². The molecule has 0 heterocycles. The minimum absolute atomic E-state index is 0.113. The van der Waals surface area contributed by atoms with Crippen molar-refractivity contribution in [2.45, 2.75) is 45.4 Å². The lowest BCUT2D eigenvalue weighted by Crippen LogP contribution is -1.90. The van der Waals surface area contributed by atoms with Crippen molar-refractivity contribution in [3.8, 4) is 11.1 Å². The van der Waals surface area contributed by atoms with E-state index in [1.807, 2.05) is 36.4 Å².